The van der Waals surface area contributed by atoms with Gasteiger partial charge in [-0.3, -0.25) is 0 Å². The number of aromatic nitrogens is 1. The smallest absolute Gasteiger partial charge is 0.406 e. The van der Waals surface area contributed by atoms with E-state index < -0.39 is 4.92 Å². The first-order chi connectivity index (χ1) is 7.59. The summed E-state index contributed by atoms with van der Waals surface area (Å²) in [6, 6.07) is 1.79. The predicted octanol–water partition coefficient (Wildman–Crippen LogP) is 2.65. The minimum atomic E-state index is -0.483. The fourth-order valence-corrected chi connectivity index (χ4v) is 1.51. The van der Waals surface area contributed by atoms with E-state index in [-0.39, 0.29) is 17.8 Å². The molecule has 1 aliphatic carbocycles. The second kappa shape index (κ2) is 4.08. The Morgan fingerprint density at radius 2 is 2.25 bits per heavy atom. The molecule has 0 amide bonds. The Morgan fingerprint density at radius 1 is 1.56 bits per heavy atom. The molecule has 1 fully saturated rings. The number of hydrogen-bond acceptors (Lipinski definition) is 4. The van der Waals surface area contributed by atoms with Crippen LogP contribution in [0.1, 0.15) is 38.2 Å². The summed E-state index contributed by atoms with van der Waals surface area (Å²) in [6.07, 6.45) is 3.56. The van der Waals surface area contributed by atoms with Crippen molar-refractivity contribution >= 4 is 5.82 Å². The lowest BCUT2D eigenvalue weighted by atomic mass is 10.0. The van der Waals surface area contributed by atoms with E-state index in [9.17, 15) is 10.1 Å². The molecule has 0 radical (unpaired) electrons. The first-order valence-electron chi connectivity index (χ1n) is 5.39. The molecule has 0 spiro atoms. The molecular formula is C11H14N2O3. The summed E-state index contributed by atoms with van der Waals surface area (Å²) in [4.78, 5) is 14.2. The van der Waals surface area contributed by atoms with Crippen LogP contribution in [0.2, 0.25) is 0 Å². The van der Waals surface area contributed by atoms with E-state index in [1.165, 1.54) is 6.20 Å². The van der Waals surface area contributed by atoms with Crippen LogP contribution < -0.4 is 4.74 Å². The average Bonchev–Trinajstić information content (AvgIpc) is 3.01. The molecule has 1 heterocycles. The Kier molecular flexibility index (Phi) is 2.77. The van der Waals surface area contributed by atoms with Gasteiger partial charge in [0, 0.05) is 5.56 Å². The molecule has 0 N–H and O–H groups in total. The molecule has 0 unspecified atom stereocenters. The van der Waals surface area contributed by atoms with Crippen LogP contribution in [0.3, 0.4) is 0 Å². The zero-order valence-corrected chi connectivity index (χ0v) is 9.34. The molecule has 1 aromatic heterocycles. The molecule has 1 saturated carbocycles. The first kappa shape index (κ1) is 10.9. The second-order valence-corrected chi connectivity index (χ2v) is 4.28. The van der Waals surface area contributed by atoms with Crippen LogP contribution in [-0.4, -0.2) is 16.0 Å². The molecule has 16 heavy (non-hydrogen) atoms. The number of pyridine rings is 1. The Morgan fingerprint density at radius 3 is 2.75 bits per heavy atom. The van der Waals surface area contributed by atoms with Crippen molar-refractivity contribution in [3.8, 4) is 5.75 Å². The van der Waals surface area contributed by atoms with Crippen molar-refractivity contribution in [2.75, 3.05) is 0 Å². The van der Waals surface area contributed by atoms with Crippen molar-refractivity contribution in [2.24, 2.45) is 0 Å². The van der Waals surface area contributed by atoms with Crippen LogP contribution in [0.4, 0.5) is 5.82 Å². The maximum atomic E-state index is 10.9. The zero-order valence-electron chi connectivity index (χ0n) is 9.34. The van der Waals surface area contributed by atoms with Crippen LogP contribution in [0.5, 0.6) is 5.75 Å². The molecule has 5 nitrogen and oxygen atoms in total. The van der Waals surface area contributed by atoms with Crippen molar-refractivity contribution in [1.82, 2.24) is 4.98 Å². The normalized spacial score (nSPS) is 15.2. The van der Waals surface area contributed by atoms with Crippen molar-refractivity contribution in [3.05, 3.63) is 27.9 Å². The highest BCUT2D eigenvalue weighted by Gasteiger charge is 2.30. The van der Waals surface area contributed by atoms with Crippen LogP contribution in [-0.2, 0) is 0 Å². The lowest BCUT2D eigenvalue weighted by Gasteiger charge is -2.12. The maximum absolute atomic E-state index is 10.9. The molecule has 1 aromatic rings. The van der Waals surface area contributed by atoms with E-state index in [1.807, 2.05) is 13.8 Å². The van der Waals surface area contributed by atoms with Gasteiger partial charge in [0.05, 0.1) is 6.10 Å². The SMILES string of the molecule is CC(C)c1ccnc([N+](=O)[O-])c1OC1CC1. The van der Waals surface area contributed by atoms with Gasteiger partial charge in [-0.25, -0.2) is 0 Å². The third kappa shape index (κ3) is 2.13. The van der Waals surface area contributed by atoms with Gasteiger partial charge in [-0.05, 0) is 34.7 Å². The topological polar surface area (TPSA) is 65.3 Å². The Balaban J connectivity index is 2.42. The van der Waals surface area contributed by atoms with Crippen LogP contribution in [0.15, 0.2) is 12.3 Å². The third-order valence-corrected chi connectivity index (χ3v) is 2.52. The summed E-state index contributed by atoms with van der Waals surface area (Å²) in [5.74, 6) is 0.374. The lowest BCUT2D eigenvalue weighted by molar-refractivity contribution is -0.390. The molecule has 86 valence electrons. The van der Waals surface area contributed by atoms with Crippen molar-refractivity contribution in [3.63, 3.8) is 0 Å². The van der Waals surface area contributed by atoms with Gasteiger partial charge in [0.25, 0.3) is 0 Å². The Bertz CT molecular complexity index is 414. The zero-order chi connectivity index (χ0) is 11.7. The predicted molar refractivity (Wildman–Crippen MR) is 58.6 cm³/mol. The van der Waals surface area contributed by atoms with Crippen molar-refractivity contribution in [2.45, 2.75) is 38.7 Å². The molecule has 5 heteroatoms. The largest absolute Gasteiger partial charge is 0.482 e. The van der Waals surface area contributed by atoms with E-state index in [0.29, 0.717) is 5.75 Å². The molecular weight excluding hydrogens is 208 g/mol. The van der Waals surface area contributed by atoms with E-state index in [0.717, 1.165) is 18.4 Å². The highest BCUT2D eigenvalue weighted by molar-refractivity contribution is 5.47. The average molecular weight is 222 g/mol. The number of nitro groups is 1. The third-order valence-electron chi connectivity index (χ3n) is 2.52. The number of ether oxygens (including phenoxy) is 1. The van der Waals surface area contributed by atoms with Gasteiger partial charge < -0.3 is 14.9 Å². The molecule has 0 atom stereocenters. The highest BCUT2D eigenvalue weighted by atomic mass is 16.6. The molecule has 0 saturated heterocycles. The van der Waals surface area contributed by atoms with Gasteiger partial charge in [-0.2, -0.15) is 0 Å². The van der Waals surface area contributed by atoms with Crippen LogP contribution in [0, 0.1) is 10.1 Å². The molecule has 0 bridgehead atoms. The quantitative estimate of drug-likeness (QED) is 0.580. The minimum Gasteiger partial charge on any atom is -0.482 e. The van der Waals surface area contributed by atoms with Gasteiger partial charge in [-0.1, -0.05) is 13.8 Å². The standard InChI is InChI=1S/C11H14N2O3/c1-7(2)9-5-6-12-11(13(14)15)10(9)16-8-3-4-8/h5-8H,3-4H2,1-2H3. The Labute approximate surface area is 93.6 Å². The molecule has 0 aromatic carbocycles. The summed E-state index contributed by atoms with van der Waals surface area (Å²) < 4.78 is 5.61. The maximum Gasteiger partial charge on any atom is 0.406 e. The summed E-state index contributed by atoms with van der Waals surface area (Å²) in [5.41, 5.74) is 0.855. The summed E-state index contributed by atoms with van der Waals surface area (Å²) >= 11 is 0. The molecule has 2 rings (SSSR count). The fraction of sp³-hybridized carbons (Fsp3) is 0.545. The molecule has 1 aliphatic rings. The lowest BCUT2D eigenvalue weighted by Crippen LogP contribution is -2.06. The van der Waals surface area contributed by atoms with Crippen LogP contribution in [0.25, 0.3) is 0 Å². The van der Waals surface area contributed by atoms with E-state index >= 15 is 0 Å². The van der Waals surface area contributed by atoms with Crippen LogP contribution >= 0.6 is 0 Å². The fourth-order valence-electron chi connectivity index (χ4n) is 1.51. The number of nitrogens with zero attached hydrogens (tertiary/aromatic N) is 2. The van der Waals surface area contributed by atoms with Gasteiger partial charge in [0.15, 0.2) is 0 Å². The van der Waals surface area contributed by atoms with E-state index in [2.05, 4.69) is 4.98 Å². The summed E-state index contributed by atoms with van der Waals surface area (Å²) in [7, 11) is 0. The highest BCUT2D eigenvalue weighted by Crippen LogP contribution is 2.37. The number of hydrogen-bond donors (Lipinski definition) is 0. The minimum absolute atomic E-state index is 0.139. The molecule has 0 aliphatic heterocycles. The number of rotatable bonds is 4. The summed E-state index contributed by atoms with van der Waals surface area (Å²) in [6.45, 7) is 3.97. The second-order valence-electron chi connectivity index (χ2n) is 4.28. The van der Waals surface area contributed by atoms with Gasteiger partial charge >= 0.3 is 5.82 Å². The van der Waals surface area contributed by atoms with Gasteiger partial charge in [0.2, 0.25) is 5.75 Å². The van der Waals surface area contributed by atoms with Crippen molar-refractivity contribution in [1.29, 1.82) is 0 Å². The summed E-state index contributed by atoms with van der Waals surface area (Å²) in [5, 5.41) is 10.9. The monoisotopic (exact) mass is 222 g/mol. The van der Waals surface area contributed by atoms with E-state index in [4.69, 9.17) is 4.74 Å². The van der Waals surface area contributed by atoms with E-state index in [1.54, 1.807) is 6.07 Å². The van der Waals surface area contributed by atoms with Crippen molar-refractivity contribution < 1.29 is 9.66 Å². The Hall–Kier alpha value is -1.65. The van der Waals surface area contributed by atoms with Gasteiger partial charge in [0.1, 0.15) is 6.20 Å². The van der Waals surface area contributed by atoms with Gasteiger partial charge in [-0.15, -0.1) is 0 Å². The first-order valence-corrected chi connectivity index (χ1v) is 5.39.